The zero-order chi connectivity index (χ0) is 25.5. The van der Waals surface area contributed by atoms with Crippen molar-refractivity contribution in [2.24, 2.45) is 0 Å². The fraction of sp³-hybridized carbons (Fsp3) is 0.462. The first-order chi connectivity index (χ1) is 17.4. The van der Waals surface area contributed by atoms with Gasteiger partial charge in [0, 0.05) is 50.2 Å². The molecule has 4 rings (SSSR count). The number of rotatable bonds is 9. The summed E-state index contributed by atoms with van der Waals surface area (Å²) < 4.78 is 5.42. The third-order valence-corrected chi connectivity index (χ3v) is 8.36. The van der Waals surface area contributed by atoms with Crippen molar-refractivity contribution in [3.63, 3.8) is 0 Å². The van der Waals surface area contributed by atoms with Gasteiger partial charge in [-0.15, -0.1) is 11.8 Å². The van der Waals surface area contributed by atoms with Gasteiger partial charge >= 0.3 is 5.97 Å². The van der Waals surface area contributed by atoms with E-state index in [9.17, 15) is 14.7 Å². The van der Waals surface area contributed by atoms with E-state index < -0.39 is 5.97 Å². The van der Waals surface area contributed by atoms with Crippen molar-refractivity contribution in [2.45, 2.75) is 36.9 Å². The van der Waals surface area contributed by atoms with Crippen LogP contribution in [0.1, 0.15) is 34.3 Å². The number of benzene rings is 2. The van der Waals surface area contributed by atoms with Gasteiger partial charge in [-0.3, -0.25) is 14.6 Å². The maximum absolute atomic E-state index is 12.7. The molecule has 0 spiro atoms. The summed E-state index contributed by atoms with van der Waals surface area (Å²) in [5.74, 6) is -0.646. The number of hydrogen-bond donors (Lipinski definition) is 2. The van der Waals surface area contributed by atoms with E-state index in [0.717, 1.165) is 61.6 Å². The second kappa shape index (κ2) is 13.1. The molecule has 2 fully saturated rings. The Morgan fingerprint density at radius 2 is 1.69 bits per heavy atom. The summed E-state index contributed by atoms with van der Waals surface area (Å²) in [6.45, 7) is 6.23. The van der Waals surface area contributed by atoms with Crippen LogP contribution >= 0.6 is 35.0 Å². The van der Waals surface area contributed by atoms with Crippen LogP contribution in [-0.4, -0.2) is 78.0 Å². The molecule has 0 unspecified atom stereocenters. The minimum atomic E-state index is -0.946. The second-order valence-corrected chi connectivity index (χ2v) is 11.0. The smallest absolute Gasteiger partial charge is 0.335 e. The molecule has 2 aromatic carbocycles. The van der Waals surface area contributed by atoms with Crippen molar-refractivity contribution in [1.82, 2.24) is 15.1 Å². The number of amides is 1. The fourth-order valence-electron chi connectivity index (χ4n) is 4.52. The number of ether oxygens (including phenoxy) is 1. The Morgan fingerprint density at radius 1 is 0.972 bits per heavy atom. The number of carboxylic acids is 1. The molecule has 10 heteroatoms. The molecule has 0 aliphatic carbocycles. The fourth-order valence-corrected chi connectivity index (χ4v) is 5.69. The molecule has 2 aromatic rings. The summed E-state index contributed by atoms with van der Waals surface area (Å²) in [7, 11) is 0. The third-order valence-electron chi connectivity index (χ3n) is 6.51. The van der Waals surface area contributed by atoms with Crippen LogP contribution in [0.3, 0.4) is 0 Å². The van der Waals surface area contributed by atoms with Gasteiger partial charge in [-0.2, -0.15) is 0 Å². The molecule has 2 aliphatic heterocycles. The molecule has 0 bridgehead atoms. The van der Waals surface area contributed by atoms with Crippen LogP contribution in [0.25, 0.3) is 0 Å². The first-order valence-electron chi connectivity index (χ1n) is 12.1. The monoisotopic (exact) mass is 551 g/mol. The summed E-state index contributed by atoms with van der Waals surface area (Å²) in [5.41, 5.74) is 2.33. The Hall–Kier alpha value is -1.81. The van der Waals surface area contributed by atoms with Crippen LogP contribution in [-0.2, 0) is 22.6 Å². The molecule has 2 N–H and O–H groups in total. The standard InChI is InChI=1S/C26H31Cl2N3O4S/c27-22-3-1-18(13-23(22)28)15-30-7-5-21(6-8-30)29-25(32)17-36-24-4-2-19(26(33)34)14-20(24)16-31-9-11-35-12-10-31/h1-4,13-14,21H,5-12,15-17H2,(H,29,32)(H,33,34). The quantitative estimate of drug-likeness (QED) is 0.447. The van der Waals surface area contributed by atoms with Crippen molar-refractivity contribution in [3.8, 4) is 0 Å². The van der Waals surface area contributed by atoms with Crippen LogP contribution in [0.2, 0.25) is 10.0 Å². The van der Waals surface area contributed by atoms with Crippen molar-refractivity contribution < 1.29 is 19.4 Å². The lowest BCUT2D eigenvalue weighted by Gasteiger charge is -2.32. The van der Waals surface area contributed by atoms with E-state index in [2.05, 4.69) is 15.1 Å². The maximum Gasteiger partial charge on any atom is 0.335 e. The molecule has 2 aliphatic rings. The summed E-state index contributed by atoms with van der Waals surface area (Å²) in [6, 6.07) is 11.0. The van der Waals surface area contributed by atoms with E-state index in [1.54, 1.807) is 12.1 Å². The summed E-state index contributed by atoms with van der Waals surface area (Å²) in [4.78, 5) is 29.7. The van der Waals surface area contributed by atoms with Crippen molar-refractivity contribution in [3.05, 3.63) is 63.1 Å². The molecule has 0 radical (unpaired) electrons. The number of hydrogen-bond acceptors (Lipinski definition) is 6. The van der Waals surface area contributed by atoms with E-state index in [4.69, 9.17) is 27.9 Å². The number of carbonyl (C=O) groups is 2. The number of thioether (sulfide) groups is 1. The molecule has 0 aromatic heterocycles. The Balaban J connectivity index is 1.26. The average Bonchev–Trinajstić information content (AvgIpc) is 2.87. The molecule has 0 atom stereocenters. The van der Waals surface area contributed by atoms with Crippen molar-refractivity contribution in [2.75, 3.05) is 45.1 Å². The molecule has 0 saturated carbocycles. The van der Waals surface area contributed by atoms with Gasteiger partial charge < -0.3 is 15.2 Å². The molecular weight excluding hydrogens is 521 g/mol. The van der Waals surface area contributed by atoms with E-state index in [0.29, 0.717) is 35.6 Å². The number of piperidine rings is 1. The zero-order valence-corrected chi connectivity index (χ0v) is 22.4. The summed E-state index contributed by atoms with van der Waals surface area (Å²) in [6.07, 6.45) is 1.79. The Bertz CT molecular complexity index is 1070. The SMILES string of the molecule is O=C(CSc1ccc(C(=O)O)cc1CN1CCOCC1)NC1CCN(Cc2ccc(Cl)c(Cl)c2)CC1. The molecular formula is C26H31Cl2N3O4S. The third kappa shape index (κ3) is 7.84. The highest BCUT2D eigenvalue weighted by atomic mass is 35.5. The predicted molar refractivity (Wildman–Crippen MR) is 143 cm³/mol. The van der Waals surface area contributed by atoms with E-state index >= 15 is 0 Å². The number of carboxylic acid groups (broad SMARTS) is 1. The Morgan fingerprint density at radius 3 is 2.39 bits per heavy atom. The van der Waals surface area contributed by atoms with Crippen LogP contribution in [0.5, 0.6) is 0 Å². The van der Waals surface area contributed by atoms with Crippen LogP contribution in [0.4, 0.5) is 0 Å². The normalized spacial score (nSPS) is 17.7. The number of aromatic carboxylic acids is 1. The van der Waals surface area contributed by atoms with Gasteiger partial charge in [0.1, 0.15) is 0 Å². The number of nitrogens with one attached hydrogen (secondary N) is 1. The van der Waals surface area contributed by atoms with Crippen molar-refractivity contribution >= 4 is 46.8 Å². The van der Waals surface area contributed by atoms with Gasteiger partial charge in [0.25, 0.3) is 0 Å². The van der Waals surface area contributed by atoms with Gasteiger partial charge in [-0.25, -0.2) is 4.79 Å². The molecule has 2 saturated heterocycles. The highest BCUT2D eigenvalue weighted by Gasteiger charge is 2.22. The van der Waals surface area contributed by atoms with Gasteiger partial charge in [-0.05, 0) is 54.3 Å². The first-order valence-corrected chi connectivity index (χ1v) is 13.9. The summed E-state index contributed by atoms with van der Waals surface area (Å²) >= 11 is 13.6. The lowest BCUT2D eigenvalue weighted by molar-refractivity contribution is -0.119. The van der Waals surface area contributed by atoms with E-state index in [1.165, 1.54) is 11.8 Å². The van der Waals surface area contributed by atoms with Gasteiger partial charge in [0.15, 0.2) is 0 Å². The number of morpholine rings is 1. The average molecular weight is 553 g/mol. The lowest BCUT2D eigenvalue weighted by atomic mass is 10.0. The summed E-state index contributed by atoms with van der Waals surface area (Å²) in [5, 5.41) is 13.7. The predicted octanol–water partition coefficient (Wildman–Crippen LogP) is 4.40. The highest BCUT2D eigenvalue weighted by molar-refractivity contribution is 8.00. The van der Waals surface area contributed by atoms with E-state index in [-0.39, 0.29) is 17.5 Å². The minimum Gasteiger partial charge on any atom is -0.478 e. The van der Waals surface area contributed by atoms with Crippen LogP contribution in [0.15, 0.2) is 41.3 Å². The molecule has 7 nitrogen and oxygen atoms in total. The first kappa shape index (κ1) is 27.2. The molecule has 2 heterocycles. The number of carbonyl (C=O) groups excluding carboxylic acids is 1. The molecule has 1 amide bonds. The molecule has 194 valence electrons. The van der Waals surface area contributed by atoms with Crippen LogP contribution < -0.4 is 5.32 Å². The largest absolute Gasteiger partial charge is 0.478 e. The Kier molecular flexibility index (Phi) is 9.93. The number of likely N-dealkylation sites (tertiary alicyclic amines) is 1. The second-order valence-electron chi connectivity index (χ2n) is 9.17. The topological polar surface area (TPSA) is 82.1 Å². The van der Waals surface area contributed by atoms with Gasteiger partial charge in [0.2, 0.25) is 5.91 Å². The molecule has 36 heavy (non-hydrogen) atoms. The van der Waals surface area contributed by atoms with Gasteiger partial charge in [0.05, 0.1) is 34.6 Å². The highest BCUT2D eigenvalue weighted by Crippen LogP contribution is 2.27. The zero-order valence-electron chi connectivity index (χ0n) is 20.1. The Labute approximate surface area is 226 Å². The van der Waals surface area contributed by atoms with E-state index in [1.807, 2.05) is 24.3 Å². The van der Waals surface area contributed by atoms with Crippen molar-refractivity contribution in [1.29, 1.82) is 0 Å². The van der Waals surface area contributed by atoms with Crippen LogP contribution in [0, 0.1) is 0 Å². The van der Waals surface area contributed by atoms with Gasteiger partial charge in [-0.1, -0.05) is 29.3 Å². The number of halogens is 2. The lowest BCUT2D eigenvalue weighted by Crippen LogP contribution is -2.44. The number of nitrogens with zero attached hydrogens (tertiary/aromatic N) is 2. The minimum absolute atomic E-state index is 0.00238. The maximum atomic E-state index is 12.7.